The maximum absolute atomic E-state index is 11.3. The van der Waals surface area contributed by atoms with Gasteiger partial charge < -0.3 is 29.4 Å². The van der Waals surface area contributed by atoms with Gasteiger partial charge in [-0.25, -0.2) is 0 Å². The Bertz CT molecular complexity index is 309. The van der Waals surface area contributed by atoms with Crippen molar-refractivity contribution >= 4 is 5.91 Å². The van der Waals surface area contributed by atoms with Crippen molar-refractivity contribution in [3.05, 3.63) is 0 Å². The molecule has 0 aromatic rings. The van der Waals surface area contributed by atoms with Gasteiger partial charge >= 0.3 is 0 Å². The Hall–Kier alpha value is -0.730. The number of hydrogen-bond donors (Lipinski definition) is 2. The Morgan fingerprint density at radius 3 is 2.32 bits per heavy atom. The Labute approximate surface area is 113 Å². The largest absolute Gasteiger partial charge is 0.382 e. The minimum absolute atomic E-state index is 0.251. The van der Waals surface area contributed by atoms with Gasteiger partial charge in [0.15, 0.2) is 5.79 Å². The molecule has 1 amide bonds. The van der Waals surface area contributed by atoms with E-state index >= 15 is 0 Å². The van der Waals surface area contributed by atoms with E-state index in [9.17, 15) is 9.90 Å². The summed E-state index contributed by atoms with van der Waals surface area (Å²) in [4.78, 5) is 11.3. The summed E-state index contributed by atoms with van der Waals surface area (Å²) in [6.45, 7) is 3.10. The van der Waals surface area contributed by atoms with E-state index in [1.807, 2.05) is 0 Å². The van der Waals surface area contributed by atoms with Crippen molar-refractivity contribution in [1.82, 2.24) is 5.32 Å². The second-order valence-corrected chi connectivity index (χ2v) is 4.75. The molecular formula is C12H23NO6. The molecule has 0 radical (unpaired) electrons. The fraction of sp³-hybridized carbons (Fsp3) is 0.917. The van der Waals surface area contributed by atoms with E-state index in [2.05, 4.69) is 5.32 Å². The zero-order valence-corrected chi connectivity index (χ0v) is 12.0. The number of rotatable bonds is 5. The first-order valence-corrected chi connectivity index (χ1v) is 6.09. The van der Waals surface area contributed by atoms with Crippen LogP contribution in [-0.2, 0) is 23.7 Å². The molecule has 5 atom stereocenters. The van der Waals surface area contributed by atoms with Gasteiger partial charge in [0.05, 0.1) is 6.61 Å². The third-order valence-corrected chi connectivity index (χ3v) is 3.22. The number of amides is 1. The van der Waals surface area contributed by atoms with Crippen LogP contribution in [0.1, 0.15) is 13.8 Å². The van der Waals surface area contributed by atoms with Gasteiger partial charge in [0.2, 0.25) is 5.91 Å². The van der Waals surface area contributed by atoms with E-state index in [1.165, 1.54) is 35.2 Å². The second-order valence-electron chi connectivity index (χ2n) is 4.75. The average molecular weight is 277 g/mol. The number of hydrogen-bond acceptors (Lipinski definition) is 6. The van der Waals surface area contributed by atoms with E-state index in [0.29, 0.717) is 0 Å². The van der Waals surface area contributed by atoms with Crippen molar-refractivity contribution in [2.45, 2.75) is 44.0 Å². The first-order valence-electron chi connectivity index (χ1n) is 6.09. The van der Waals surface area contributed by atoms with Crippen LogP contribution >= 0.6 is 0 Å². The maximum atomic E-state index is 11.3. The predicted molar refractivity (Wildman–Crippen MR) is 66.6 cm³/mol. The van der Waals surface area contributed by atoms with Crippen molar-refractivity contribution in [3.8, 4) is 0 Å². The third kappa shape index (κ3) is 3.64. The number of aliphatic hydroxyl groups is 1. The Balaban J connectivity index is 3.00. The Morgan fingerprint density at radius 2 is 1.89 bits per heavy atom. The number of carbonyl (C=O) groups is 1. The van der Waals surface area contributed by atoms with Crippen molar-refractivity contribution in [2.75, 3.05) is 27.9 Å². The number of ether oxygens (including phenoxy) is 4. The number of methoxy groups -OCH3 is 3. The predicted octanol–water partition coefficient (Wildman–Crippen LogP) is -0.725. The lowest BCUT2D eigenvalue weighted by Gasteiger charge is -2.48. The highest BCUT2D eigenvalue weighted by Crippen LogP contribution is 2.31. The molecule has 0 aromatic carbocycles. The molecule has 1 aliphatic heterocycles. The SMILES string of the molecule is COC[C@H]1O[C@](C)(O)[C@H](NC(C)=O)[C@@H](OC)[C@H]1OC. The fourth-order valence-corrected chi connectivity index (χ4v) is 2.44. The van der Waals surface area contributed by atoms with Crippen LogP contribution in [0.4, 0.5) is 0 Å². The van der Waals surface area contributed by atoms with Gasteiger partial charge in [-0.05, 0) is 6.92 Å². The molecule has 19 heavy (non-hydrogen) atoms. The van der Waals surface area contributed by atoms with Crippen LogP contribution in [0.5, 0.6) is 0 Å². The molecule has 7 heteroatoms. The molecule has 7 nitrogen and oxygen atoms in total. The Kier molecular flexibility index (Phi) is 5.69. The van der Waals surface area contributed by atoms with Gasteiger partial charge in [-0.1, -0.05) is 0 Å². The average Bonchev–Trinajstić information content (AvgIpc) is 2.31. The fourth-order valence-electron chi connectivity index (χ4n) is 2.44. The molecule has 0 aromatic heterocycles. The third-order valence-electron chi connectivity index (χ3n) is 3.22. The summed E-state index contributed by atoms with van der Waals surface area (Å²) < 4.78 is 21.4. The van der Waals surface area contributed by atoms with Gasteiger partial charge in [-0.2, -0.15) is 0 Å². The number of nitrogens with one attached hydrogen (secondary N) is 1. The zero-order chi connectivity index (χ0) is 14.6. The summed E-state index contributed by atoms with van der Waals surface area (Å²) in [6, 6.07) is -0.729. The topological polar surface area (TPSA) is 86.2 Å². The van der Waals surface area contributed by atoms with Gasteiger partial charge in [0.1, 0.15) is 24.4 Å². The molecule has 1 rings (SSSR count). The standard InChI is InChI=1S/C12H23NO6/c1-7(14)13-11-10(18-5)9(17-4)8(6-16-3)19-12(11,2)15/h8-11,15H,6H2,1-5H3,(H,13,14)/t8-,9+,10+,11-,12+/m1/s1. The lowest BCUT2D eigenvalue weighted by Crippen LogP contribution is -2.69. The second kappa shape index (κ2) is 6.62. The molecule has 0 unspecified atom stereocenters. The number of carbonyl (C=O) groups excluding carboxylic acids is 1. The van der Waals surface area contributed by atoms with E-state index in [1.54, 1.807) is 0 Å². The van der Waals surface area contributed by atoms with Crippen molar-refractivity contribution in [3.63, 3.8) is 0 Å². The zero-order valence-electron chi connectivity index (χ0n) is 12.0. The molecule has 0 bridgehead atoms. The molecule has 112 valence electrons. The highest BCUT2D eigenvalue weighted by Gasteiger charge is 2.52. The van der Waals surface area contributed by atoms with E-state index in [0.717, 1.165) is 0 Å². The first kappa shape index (κ1) is 16.3. The molecule has 1 fully saturated rings. The van der Waals surface area contributed by atoms with Crippen LogP contribution in [-0.4, -0.2) is 69.1 Å². The van der Waals surface area contributed by atoms with Gasteiger partial charge in [-0.3, -0.25) is 4.79 Å². The van der Waals surface area contributed by atoms with Crippen molar-refractivity contribution < 1.29 is 28.8 Å². The lowest BCUT2D eigenvalue weighted by molar-refractivity contribution is -0.316. The van der Waals surface area contributed by atoms with Crippen LogP contribution in [0.15, 0.2) is 0 Å². The highest BCUT2D eigenvalue weighted by molar-refractivity contribution is 5.73. The molecule has 1 aliphatic rings. The Morgan fingerprint density at radius 1 is 1.32 bits per heavy atom. The summed E-state index contributed by atoms with van der Waals surface area (Å²) in [6.07, 6.45) is -1.49. The molecule has 2 N–H and O–H groups in total. The minimum Gasteiger partial charge on any atom is -0.382 e. The van der Waals surface area contributed by atoms with Crippen LogP contribution in [0.3, 0.4) is 0 Å². The highest BCUT2D eigenvalue weighted by atomic mass is 16.7. The summed E-state index contributed by atoms with van der Waals surface area (Å²) in [5.74, 6) is -1.85. The van der Waals surface area contributed by atoms with Crippen LogP contribution < -0.4 is 5.32 Å². The molecule has 0 saturated carbocycles. The molecule has 0 aliphatic carbocycles. The molecule has 1 saturated heterocycles. The first-order chi connectivity index (χ1) is 8.87. The normalized spacial score (nSPS) is 39.1. The van der Waals surface area contributed by atoms with E-state index in [-0.39, 0.29) is 12.5 Å². The summed E-state index contributed by atoms with van der Waals surface area (Å²) in [5, 5.41) is 13.0. The monoisotopic (exact) mass is 277 g/mol. The van der Waals surface area contributed by atoms with Crippen LogP contribution in [0.2, 0.25) is 0 Å². The van der Waals surface area contributed by atoms with Crippen molar-refractivity contribution in [1.29, 1.82) is 0 Å². The van der Waals surface area contributed by atoms with Crippen LogP contribution in [0, 0.1) is 0 Å². The van der Waals surface area contributed by atoms with Gasteiger partial charge in [-0.15, -0.1) is 0 Å². The lowest BCUT2D eigenvalue weighted by atomic mass is 9.90. The summed E-state index contributed by atoms with van der Waals surface area (Å²) >= 11 is 0. The quantitative estimate of drug-likeness (QED) is 0.689. The maximum Gasteiger partial charge on any atom is 0.217 e. The van der Waals surface area contributed by atoms with Crippen LogP contribution in [0.25, 0.3) is 0 Å². The minimum atomic E-state index is -1.56. The molecule has 0 spiro atoms. The molecular weight excluding hydrogens is 254 g/mol. The van der Waals surface area contributed by atoms with E-state index in [4.69, 9.17) is 18.9 Å². The summed E-state index contributed by atoms with van der Waals surface area (Å²) in [5.41, 5.74) is 0. The van der Waals surface area contributed by atoms with E-state index < -0.39 is 30.1 Å². The van der Waals surface area contributed by atoms with Gasteiger partial charge in [0.25, 0.3) is 0 Å². The van der Waals surface area contributed by atoms with Gasteiger partial charge in [0, 0.05) is 28.3 Å². The van der Waals surface area contributed by atoms with Crippen molar-refractivity contribution in [2.24, 2.45) is 0 Å². The smallest absolute Gasteiger partial charge is 0.217 e. The molecule has 1 heterocycles. The summed E-state index contributed by atoms with van der Waals surface area (Å²) in [7, 11) is 4.55.